The zero-order chi connectivity index (χ0) is 8.10. The number of halogens is 1. The lowest BCUT2D eigenvalue weighted by Gasteiger charge is -2.16. The maximum absolute atomic E-state index is 5.52. The maximum Gasteiger partial charge on any atom is 0.0404 e. The van der Waals surface area contributed by atoms with E-state index in [-0.39, 0.29) is 0 Å². The number of hydrogen-bond acceptors (Lipinski definition) is 1. The largest absolute Gasteiger partial charge is 0.297 e. The van der Waals surface area contributed by atoms with Crippen molar-refractivity contribution >= 4 is 11.6 Å². The maximum atomic E-state index is 5.52. The third-order valence-electron chi connectivity index (χ3n) is 2.07. The molecule has 11 heavy (non-hydrogen) atoms. The van der Waals surface area contributed by atoms with Crippen LogP contribution in [0.25, 0.3) is 0 Å². The van der Waals surface area contributed by atoms with Crippen molar-refractivity contribution in [3.63, 3.8) is 0 Å². The molecule has 64 valence electrons. The lowest BCUT2D eigenvalue weighted by Crippen LogP contribution is -2.25. The van der Waals surface area contributed by atoms with Crippen molar-refractivity contribution in [2.45, 2.75) is 25.8 Å². The Morgan fingerprint density at radius 2 is 2.18 bits per heavy atom. The van der Waals surface area contributed by atoms with E-state index in [1.54, 1.807) is 0 Å². The van der Waals surface area contributed by atoms with Gasteiger partial charge in [0.1, 0.15) is 0 Å². The van der Waals surface area contributed by atoms with Crippen LogP contribution in [0.1, 0.15) is 19.8 Å². The molecule has 0 bridgehead atoms. The smallest absolute Gasteiger partial charge is 0.0404 e. The van der Waals surface area contributed by atoms with Gasteiger partial charge < -0.3 is 0 Å². The molecule has 0 aromatic carbocycles. The van der Waals surface area contributed by atoms with Crippen LogP contribution in [-0.2, 0) is 0 Å². The van der Waals surface area contributed by atoms with Crippen LogP contribution in [0.15, 0.2) is 12.2 Å². The number of likely N-dealkylation sites (N-methyl/N-ethyl adjacent to an activating group) is 1. The van der Waals surface area contributed by atoms with Gasteiger partial charge in [0.05, 0.1) is 0 Å². The van der Waals surface area contributed by atoms with E-state index in [4.69, 9.17) is 11.6 Å². The standard InChI is InChI=1S/C9H16ClN/c1-2-11(9-5-6-9)8-4-3-7-10/h3-4,9H,2,5-8H2,1H3. The van der Waals surface area contributed by atoms with Crippen LogP contribution in [0, 0.1) is 0 Å². The molecule has 0 aliphatic heterocycles. The van der Waals surface area contributed by atoms with Crippen LogP contribution in [-0.4, -0.2) is 29.9 Å². The first kappa shape index (κ1) is 9.08. The molecule has 0 aromatic rings. The summed E-state index contributed by atoms with van der Waals surface area (Å²) >= 11 is 5.52. The van der Waals surface area contributed by atoms with Crippen LogP contribution < -0.4 is 0 Å². The second-order valence-electron chi connectivity index (χ2n) is 2.94. The van der Waals surface area contributed by atoms with Gasteiger partial charge in [0.15, 0.2) is 0 Å². The Morgan fingerprint density at radius 1 is 1.45 bits per heavy atom. The van der Waals surface area contributed by atoms with Gasteiger partial charge in [-0.25, -0.2) is 0 Å². The molecular formula is C9H16ClN. The molecule has 1 aliphatic carbocycles. The summed E-state index contributed by atoms with van der Waals surface area (Å²) in [4.78, 5) is 2.49. The number of hydrogen-bond donors (Lipinski definition) is 0. The molecule has 0 unspecified atom stereocenters. The Morgan fingerprint density at radius 3 is 2.64 bits per heavy atom. The average Bonchev–Trinajstić information content (AvgIpc) is 2.81. The highest BCUT2D eigenvalue weighted by Gasteiger charge is 2.26. The van der Waals surface area contributed by atoms with E-state index in [1.807, 2.05) is 6.08 Å². The molecule has 0 spiro atoms. The van der Waals surface area contributed by atoms with Crippen molar-refractivity contribution in [3.05, 3.63) is 12.2 Å². The molecule has 1 aliphatic rings. The molecule has 1 fully saturated rings. The molecule has 0 heterocycles. The Bertz CT molecular complexity index is 130. The molecule has 0 aromatic heterocycles. The zero-order valence-electron chi connectivity index (χ0n) is 7.09. The predicted octanol–water partition coefficient (Wildman–Crippen LogP) is 2.27. The van der Waals surface area contributed by atoms with E-state index < -0.39 is 0 Å². The molecule has 2 heteroatoms. The first-order chi connectivity index (χ1) is 5.38. The van der Waals surface area contributed by atoms with E-state index in [9.17, 15) is 0 Å². The van der Waals surface area contributed by atoms with Gasteiger partial charge >= 0.3 is 0 Å². The summed E-state index contributed by atoms with van der Waals surface area (Å²) in [6, 6.07) is 0.875. The number of allylic oxidation sites excluding steroid dienone is 1. The molecule has 1 nitrogen and oxygen atoms in total. The van der Waals surface area contributed by atoms with Crippen LogP contribution in [0.5, 0.6) is 0 Å². The zero-order valence-corrected chi connectivity index (χ0v) is 7.85. The molecule has 0 amide bonds. The number of alkyl halides is 1. The second-order valence-corrected chi connectivity index (χ2v) is 3.25. The average molecular weight is 174 g/mol. The van der Waals surface area contributed by atoms with E-state index in [2.05, 4.69) is 17.9 Å². The third-order valence-corrected chi connectivity index (χ3v) is 2.24. The van der Waals surface area contributed by atoms with E-state index in [0.29, 0.717) is 5.88 Å². The summed E-state index contributed by atoms with van der Waals surface area (Å²) in [7, 11) is 0. The Hall–Kier alpha value is -0.0100. The Labute approximate surface area is 74.0 Å². The van der Waals surface area contributed by atoms with Gasteiger partial charge in [-0.2, -0.15) is 0 Å². The summed E-state index contributed by atoms with van der Waals surface area (Å²) in [6.45, 7) is 4.46. The number of nitrogens with zero attached hydrogens (tertiary/aromatic N) is 1. The Balaban J connectivity index is 2.15. The van der Waals surface area contributed by atoms with Gasteiger partial charge in [0.2, 0.25) is 0 Å². The van der Waals surface area contributed by atoms with Crippen LogP contribution in [0.2, 0.25) is 0 Å². The molecule has 0 saturated heterocycles. The van der Waals surface area contributed by atoms with Crippen molar-refractivity contribution in [1.29, 1.82) is 0 Å². The minimum Gasteiger partial charge on any atom is -0.297 e. The first-order valence-corrected chi connectivity index (χ1v) is 4.87. The fraction of sp³-hybridized carbons (Fsp3) is 0.778. The summed E-state index contributed by atoms with van der Waals surface area (Å²) in [5.41, 5.74) is 0. The highest BCUT2D eigenvalue weighted by molar-refractivity contribution is 6.18. The van der Waals surface area contributed by atoms with Crippen LogP contribution in [0.4, 0.5) is 0 Å². The molecular weight excluding hydrogens is 158 g/mol. The SMILES string of the molecule is CCN(CC=CCCl)C1CC1. The second kappa shape index (κ2) is 4.78. The Kier molecular flexibility index (Phi) is 3.95. The van der Waals surface area contributed by atoms with Gasteiger partial charge in [-0.05, 0) is 19.4 Å². The quantitative estimate of drug-likeness (QED) is 0.456. The fourth-order valence-electron chi connectivity index (χ4n) is 1.25. The van der Waals surface area contributed by atoms with Crippen molar-refractivity contribution < 1.29 is 0 Å². The van der Waals surface area contributed by atoms with E-state index in [0.717, 1.165) is 19.1 Å². The van der Waals surface area contributed by atoms with Crippen molar-refractivity contribution in [2.75, 3.05) is 19.0 Å². The van der Waals surface area contributed by atoms with E-state index in [1.165, 1.54) is 12.8 Å². The van der Waals surface area contributed by atoms with Crippen molar-refractivity contribution in [2.24, 2.45) is 0 Å². The van der Waals surface area contributed by atoms with Gasteiger partial charge in [-0.15, -0.1) is 11.6 Å². The molecule has 0 radical (unpaired) electrons. The van der Waals surface area contributed by atoms with Crippen LogP contribution >= 0.6 is 11.6 Å². The third kappa shape index (κ3) is 3.26. The van der Waals surface area contributed by atoms with Gasteiger partial charge in [0, 0.05) is 18.5 Å². The molecule has 0 N–H and O–H groups in total. The highest BCUT2D eigenvalue weighted by atomic mass is 35.5. The molecule has 1 rings (SSSR count). The topological polar surface area (TPSA) is 3.24 Å². The molecule has 1 saturated carbocycles. The molecule has 0 atom stereocenters. The van der Waals surface area contributed by atoms with Crippen molar-refractivity contribution in [1.82, 2.24) is 4.90 Å². The highest BCUT2D eigenvalue weighted by Crippen LogP contribution is 2.25. The normalized spacial score (nSPS) is 18.5. The summed E-state index contributed by atoms with van der Waals surface area (Å²) in [5.74, 6) is 0.641. The number of rotatable bonds is 5. The van der Waals surface area contributed by atoms with Gasteiger partial charge in [-0.1, -0.05) is 19.1 Å². The summed E-state index contributed by atoms with van der Waals surface area (Å²) < 4.78 is 0. The summed E-state index contributed by atoms with van der Waals surface area (Å²) in [6.07, 6.45) is 6.96. The predicted molar refractivity (Wildman–Crippen MR) is 50.1 cm³/mol. The van der Waals surface area contributed by atoms with Gasteiger partial charge in [0.25, 0.3) is 0 Å². The lowest BCUT2D eigenvalue weighted by molar-refractivity contribution is 0.308. The monoisotopic (exact) mass is 173 g/mol. The van der Waals surface area contributed by atoms with E-state index >= 15 is 0 Å². The van der Waals surface area contributed by atoms with Gasteiger partial charge in [-0.3, -0.25) is 4.90 Å². The van der Waals surface area contributed by atoms with Crippen molar-refractivity contribution in [3.8, 4) is 0 Å². The van der Waals surface area contributed by atoms with Crippen LogP contribution in [0.3, 0.4) is 0 Å². The lowest BCUT2D eigenvalue weighted by atomic mass is 10.4. The first-order valence-electron chi connectivity index (χ1n) is 4.33. The summed E-state index contributed by atoms with van der Waals surface area (Å²) in [5, 5.41) is 0. The fourth-order valence-corrected chi connectivity index (χ4v) is 1.37. The minimum atomic E-state index is 0.641. The minimum absolute atomic E-state index is 0.641.